The molecule has 0 fully saturated rings. The first-order chi connectivity index (χ1) is 11.4. The molecule has 2 aromatic carbocycles. The van der Waals surface area contributed by atoms with E-state index in [-0.39, 0.29) is 15.7 Å². The van der Waals surface area contributed by atoms with Crippen LogP contribution in [0.3, 0.4) is 0 Å². The van der Waals surface area contributed by atoms with E-state index in [9.17, 15) is 13.2 Å². The van der Waals surface area contributed by atoms with Crippen molar-refractivity contribution in [2.24, 2.45) is 0 Å². The number of halogens is 3. The largest absolute Gasteiger partial charge is 0.382 e. The molecule has 0 aliphatic heterocycles. The van der Waals surface area contributed by atoms with Crippen LogP contribution in [-0.4, -0.2) is 21.6 Å². The van der Waals surface area contributed by atoms with Crippen LogP contribution in [0.15, 0.2) is 35.2 Å². The number of aromatic amines is 1. The number of benzene rings is 2. The molecule has 0 atom stereocenters. The Hall–Kier alpha value is -2.26. The number of rotatable bonds is 2. The summed E-state index contributed by atoms with van der Waals surface area (Å²) in [6, 6.07) is 9.02. The normalized spacial score (nSPS) is 11.0. The fourth-order valence-electron chi connectivity index (χ4n) is 2.16. The van der Waals surface area contributed by atoms with Crippen LogP contribution in [0, 0.1) is 17.5 Å². The third kappa shape index (κ3) is 2.69. The topological polar surface area (TPSA) is 57.9 Å². The number of thiocarbonyl (C=S) groups is 1. The lowest BCUT2D eigenvalue weighted by molar-refractivity contribution is 0.479. The molecule has 0 aliphatic rings. The number of anilines is 2. The molecule has 9 heteroatoms. The summed E-state index contributed by atoms with van der Waals surface area (Å²) in [5.41, 5.74) is 5.88. The van der Waals surface area contributed by atoms with Gasteiger partial charge in [0.05, 0.1) is 10.3 Å². The van der Waals surface area contributed by atoms with Crippen LogP contribution in [0.1, 0.15) is 0 Å². The molecular formula is C15H11F3N4S2. The van der Waals surface area contributed by atoms with Crippen molar-refractivity contribution < 1.29 is 13.2 Å². The highest BCUT2D eigenvalue weighted by molar-refractivity contribution is 8.23. The number of aromatic nitrogens is 2. The molecule has 3 N–H and O–H groups in total. The highest BCUT2D eigenvalue weighted by atomic mass is 32.2. The van der Waals surface area contributed by atoms with Crippen LogP contribution in [0.4, 0.5) is 24.7 Å². The van der Waals surface area contributed by atoms with Gasteiger partial charge in [0.1, 0.15) is 9.84 Å². The van der Waals surface area contributed by atoms with Gasteiger partial charge in [0.15, 0.2) is 23.3 Å². The summed E-state index contributed by atoms with van der Waals surface area (Å²) in [7, 11) is 1.66. The second-order valence-corrected chi connectivity index (χ2v) is 6.54. The van der Waals surface area contributed by atoms with Crippen molar-refractivity contribution in [1.29, 1.82) is 0 Å². The zero-order valence-corrected chi connectivity index (χ0v) is 13.9. The van der Waals surface area contributed by atoms with Gasteiger partial charge in [-0.05, 0) is 12.1 Å². The third-order valence-corrected chi connectivity index (χ3v) is 4.97. The summed E-state index contributed by atoms with van der Waals surface area (Å²) >= 11 is 5.83. The summed E-state index contributed by atoms with van der Waals surface area (Å²) in [5.74, 6) is -3.89. The first kappa shape index (κ1) is 16.6. The predicted octanol–water partition coefficient (Wildman–Crippen LogP) is 4.08. The monoisotopic (exact) mass is 368 g/mol. The Kier molecular flexibility index (Phi) is 4.37. The van der Waals surface area contributed by atoms with Crippen molar-refractivity contribution in [2.45, 2.75) is 4.90 Å². The number of nitrogen functional groups attached to an aromatic ring is 1. The van der Waals surface area contributed by atoms with E-state index in [2.05, 4.69) is 10.2 Å². The van der Waals surface area contributed by atoms with Gasteiger partial charge in [-0.3, -0.25) is 5.10 Å². The predicted molar refractivity (Wildman–Crippen MR) is 93.7 cm³/mol. The maximum absolute atomic E-state index is 14.5. The number of fused-ring (bicyclic) bond motifs is 1. The standard InChI is InChI=1S/C15H11F3N4S2/c1-22(7-5-3-2-4-6-7)15(23)24-13-10(17)9(16)8-12(11(13)18)20-21-14(8)19/h2-6H,1H3,(H3,19,20,21). The minimum absolute atomic E-state index is 0.158. The highest BCUT2D eigenvalue weighted by Crippen LogP contribution is 2.36. The molecule has 1 aromatic heterocycles. The number of nitrogens with zero attached hydrogens (tertiary/aromatic N) is 2. The van der Waals surface area contributed by atoms with Gasteiger partial charge < -0.3 is 10.6 Å². The van der Waals surface area contributed by atoms with E-state index in [1.165, 1.54) is 0 Å². The number of thioether (sulfide) groups is 1. The van der Waals surface area contributed by atoms with Crippen molar-refractivity contribution in [2.75, 3.05) is 17.7 Å². The summed E-state index contributed by atoms with van der Waals surface area (Å²) in [6.07, 6.45) is 0. The van der Waals surface area contributed by atoms with Crippen molar-refractivity contribution in [3.05, 3.63) is 47.8 Å². The Balaban J connectivity index is 2.00. The summed E-state index contributed by atoms with van der Waals surface area (Å²) in [6.45, 7) is 0. The Morgan fingerprint density at radius 2 is 1.83 bits per heavy atom. The Morgan fingerprint density at radius 3 is 2.50 bits per heavy atom. The average Bonchev–Trinajstić information content (AvgIpc) is 2.98. The van der Waals surface area contributed by atoms with Gasteiger partial charge in [-0.2, -0.15) is 5.10 Å². The number of para-hydroxylation sites is 1. The van der Waals surface area contributed by atoms with Gasteiger partial charge in [0, 0.05) is 12.7 Å². The summed E-state index contributed by atoms with van der Waals surface area (Å²) < 4.78 is 43.1. The van der Waals surface area contributed by atoms with Gasteiger partial charge in [-0.1, -0.05) is 42.2 Å². The molecule has 24 heavy (non-hydrogen) atoms. The van der Waals surface area contributed by atoms with Crippen LogP contribution in [0.5, 0.6) is 0 Å². The molecule has 124 valence electrons. The molecular weight excluding hydrogens is 357 g/mol. The van der Waals surface area contributed by atoms with E-state index < -0.39 is 27.7 Å². The van der Waals surface area contributed by atoms with Gasteiger partial charge in [-0.15, -0.1) is 0 Å². The summed E-state index contributed by atoms with van der Waals surface area (Å²) in [5, 5.41) is 5.38. The number of H-pyrrole nitrogens is 1. The molecule has 0 bridgehead atoms. The van der Waals surface area contributed by atoms with E-state index in [0.717, 1.165) is 5.69 Å². The second-order valence-electron chi connectivity index (χ2n) is 4.89. The number of nitrogens with two attached hydrogens (primary N) is 1. The molecule has 0 spiro atoms. The number of nitrogens with one attached hydrogen (secondary N) is 1. The van der Waals surface area contributed by atoms with Crippen LogP contribution in [-0.2, 0) is 0 Å². The fourth-order valence-corrected chi connectivity index (χ4v) is 3.30. The van der Waals surface area contributed by atoms with Gasteiger partial charge in [-0.25, -0.2) is 13.2 Å². The molecule has 0 amide bonds. The first-order valence-corrected chi connectivity index (χ1v) is 7.95. The molecule has 0 radical (unpaired) electrons. The van der Waals surface area contributed by atoms with Crippen LogP contribution < -0.4 is 10.6 Å². The van der Waals surface area contributed by atoms with Crippen LogP contribution in [0.25, 0.3) is 10.9 Å². The third-order valence-electron chi connectivity index (χ3n) is 3.43. The molecule has 3 aromatic rings. The lowest BCUT2D eigenvalue weighted by atomic mass is 10.2. The van der Waals surface area contributed by atoms with Crippen molar-refractivity contribution in [3.8, 4) is 0 Å². The molecule has 4 nitrogen and oxygen atoms in total. The average molecular weight is 368 g/mol. The summed E-state index contributed by atoms with van der Waals surface area (Å²) in [4.78, 5) is 1.03. The number of hydrogen-bond donors (Lipinski definition) is 2. The quantitative estimate of drug-likeness (QED) is 0.406. The molecule has 0 aliphatic carbocycles. The highest BCUT2D eigenvalue weighted by Gasteiger charge is 2.25. The van der Waals surface area contributed by atoms with Gasteiger partial charge in [0.25, 0.3) is 0 Å². The van der Waals surface area contributed by atoms with Crippen LogP contribution >= 0.6 is 24.0 Å². The minimum atomic E-state index is -1.35. The van der Waals surface area contributed by atoms with Crippen molar-refractivity contribution in [3.63, 3.8) is 0 Å². The molecule has 3 rings (SSSR count). The smallest absolute Gasteiger partial charge is 0.176 e. The van der Waals surface area contributed by atoms with E-state index in [1.54, 1.807) is 36.2 Å². The van der Waals surface area contributed by atoms with Crippen molar-refractivity contribution in [1.82, 2.24) is 10.2 Å². The van der Waals surface area contributed by atoms with E-state index in [0.29, 0.717) is 11.8 Å². The Bertz CT molecular complexity index is 928. The minimum Gasteiger partial charge on any atom is -0.382 e. The van der Waals surface area contributed by atoms with Crippen LogP contribution in [0.2, 0.25) is 0 Å². The first-order valence-electron chi connectivity index (χ1n) is 6.72. The maximum atomic E-state index is 14.5. The van der Waals surface area contributed by atoms with Gasteiger partial charge >= 0.3 is 0 Å². The maximum Gasteiger partial charge on any atom is 0.176 e. The van der Waals surface area contributed by atoms with E-state index in [1.807, 2.05) is 6.07 Å². The molecule has 0 saturated carbocycles. The zero-order valence-electron chi connectivity index (χ0n) is 12.3. The van der Waals surface area contributed by atoms with Crippen molar-refractivity contribution >= 4 is 50.7 Å². The SMILES string of the molecule is CN(C(=S)Sc1c(F)c(F)c2c(N)n[nH]c2c1F)c1ccccc1. The van der Waals surface area contributed by atoms with E-state index >= 15 is 0 Å². The second kappa shape index (κ2) is 6.33. The Morgan fingerprint density at radius 1 is 1.17 bits per heavy atom. The molecule has 0 unspecified atom stereocenters. The molecule has 1 heterocycles. The van der Waals surface area contributed by atoms with E-state index in [4.69, 9.17) is 18.0 Å². The lowest BCUT2D eigenvalue weighted by Gasteiger charge is -2.19. The lowest BCUT2D eigenvalue weighted by Crippen LogP contribution is -2.21. The Labute approximate surface area is 144 Å². The number of hydrogen-bond acceptors (Lipinski definition) is 4. The molecule has 0 saturated heterocycles. The van der Waals surface area contributed by atoms with Gasteiger partial charge in [0.2, 0.25) is 0 Å². The fraction of sp³-hybridized carbons (Fsp3) is 0.0667. The zero-order chi connectivity index (χ0) is 17.4.